The number of rotatable bonds is 2. The maximum atomic E-state index is 11.8. The molecule has 0 aromatic heterocycles. The summed E-state index contributed by atoms with van der Waals surface area (Å²) in [5.41, 5.74) is 1.23. The number of hydrogen-bond donors (Lipinski definition) is 0. The smallest absolute Gasteiger partial charge is 0.308 e. The Morgan fingerprint density at radius 3 is 2.95 bits per heavy atom. The number of fused-ring (bicyclic) bond motifs is 3. The zero-order valence-electron chi connectivity index (χ0n) is 12.7. The molecule has 0 unspecified atom stereocenters. The van der Waals surface area contributed by atoms with E-state index in [-0.39, 0.29) is 11.6 Å². The fourth-order valence-electron chi connectivity index (χ4n) is 4.54. The zero-order chi connectivity index (χ0) is 14.2. The van der Waals surface area contributed by atoms with E-state index >= 15 is 0 Å². The highest BCUT2D eigenvalue weighted by atomic mass is 16.5. The quantitative estimate of drug-likeness (QED) is 0.571. The molecule has 1 saturated carbocycles. The maximum Gasteiger partial charge on any atom is 0.308 e. The Balaban J connectivity index is 1.89. The summed E-state index contributed by atoms with van der Waals surface area (Å²) in [6.45, 7) is 2.12. The second-order valence-corrected chi connectivity index (χ2v) is 6.80. The van der Waals surface area contributed by atoms with Gasteiger partial charge in [0.25, 0.3) is 0 Å². The van der Waals surface area contributed by atoms with Gasteiger partial charge in [0.2, 0.25) is 0 Å². The molecule has 3 aliphatic rings. The van der Waals surface area contributed by atoms with E-state index < -0.39 is 0 Å². The lowest BCUT2D eigenvalue weighted by molar-refractivity contribution is -0.181. The van der Waals surface area contributed by atoms with E-state index in [1.165, 1.54) is 39.2 Å². The Morgan fingerprint density at radius 1 is 1.35 bits per heavy atom. The van der Waals surface area contributed by atoms with Gasteiger partial charge >= 0.3 is 5.97 Å². The van der Waals surface area contributed by atoms with Gasteiger partial charge < -0.3 is 9.47 Å². The predicted octanol–water partition coefficient (Wildman–Crippen LogP) is 3.62. The molecule has 2 aliphatic carbocycles. The van der Waals surface area contributed by atoms with Crippen LogP contribution >= 0.6 is 0 Å². The van der Waals surface area contributed by atoms with Crippen LogP contribution in [0, 0.1) is 11.8 Å². The normalized spacial score (nSPS) is 40.3. The highest BCUT2D eigenvalue weighted by molar-refractivity contribution is 5.70. The Labute approximate surface area is 121 Å². The Morgan fingerprint density at radius 2 is 2.15 bits per heavy atom. The van der Waals surface area contributed by atoms with Crippen LogP contribution < -0.4 is 0 Å². The van der Waals surface area contributed by atoms with Crippen LogP contribution in [-0.2, 0) is 14.3 Å². The van der Waals surface area contributed by atoms with Gasteiger partial charge in [0, 0.05) is 11.8 Å². The van der Waals surface area contributed by atoms with E-state index in [2.05, 4.69) is 13.0 Å². The lowest BCUT2D eigenvalue weighted by Gasteiger charge is -2.52. The summed E-state index contributed by atoms with van der Waals surface area (Å²) in [4.78, 5) is 11.8. The second-order valence-electron chi connectivity index (χ2n) is 6.80. The monoisotopic (exact) mass is 278 g/mol. The summed E-state index contributed by atoms with van der Waals surface area (Å²) >= 11 is 0. The van der Waals surface area contributed by atoms with Crippen LogP contribution in [0.15, 0.2) is 11.6 Å². The zero-order valence-corrected chi connectivity index (χ0v) is 12.7. The fourth-order valence-corrected chi connectivity index (χ4v) is 4.54. The van der Waals surface area contributed by atoms with Crippen molar-refractivity contribution in [2.24, 2.45) is 11.8 Å². The molecule has 4 atom stereocenters. The van der Waals surface area contributed by atoms with Crippen LogP contribution in [0.1, 0.15) is 58.3 Å². The molecule has 112 valence electrons. The molecule has 0 aromatic rings. The van der Waals surface area contributed by atoms with E-state index in [9.17, 15) is 4.79 Å². The standard InChI is InChI=1S/C17H26O3/c1-17(11-16(18)19-2)14-9-5-3-7-12(14)13-8-4-6-10-15(13)20-17/h7,13-15H,3-6,8-11H2,1-2H3/t13-,14+,15-,17+/m0/s1. The third kappa shape index (κ3) is 2.41. The van der Waals surface area contributed by atoms with Crippen molar-refractivity contribution in [3.63, 3.8) is 0 Å². The van der Waals surface area contributed by atoms with Gasteiger partial charge in [0.1, 0.15) is 0 Å². The van der Waals surface area contributed by atoms with E-state index in [0.717, 1.165) is 12.8 Å². The number of methoxy groups -OCH3 is 1. The number of ether oxygens (including phenoxy) is 2. The van der Waals surface area contributed by atoms with Crippen molar-refractivity contribution in [1.82, 2.24) is 0 Å². The van der Waals surface area contributed by atoms with E-state index in [0.29, 0.717) is 24.4 Å². The van der Waals surface area contributed by atoms with Gasteiger partial charge in [-0.05, 0) is 39.0 Å². The number of hydrogen-bond acceptors (Lipinski definition) is 3. The minimum Gasteiger partial charge on any atom is -0.469 e. The minimum atomic E-state index is -0.363. The number of carbonyl (C=O) groups is 1. The summed E-state index contributed by atoms with van der Waals surface area (Å²) in [5, 5.41) is 0. The minimum absolute atomic E-state index is 0.147. The molecule has 0 bridgehead atoms. The topological polar surface area (TPSA) is 35.5 Å². The largest absolute Gasteiger partial charge is 0.469 e. The number of carbonyl (C=O) groups excluding carboxylic acids is 1. The first kappa shape index (κ1) is 14.1. The summed E-state index contributed by atoms with van der Waals surface area (Å²) in [6, 6.07) is 0. The first-order chi connectivity index (χ1) is 9.64. The number of esters is 1. The average molecular weight is 278 g/mol. The van der Waals surface area contributed by atoms with E-state index in [4.69, 9.17) is 9.47 Å². The molecular formula is C17H26O3. The van der Waals surface area contributed by atoms with Crippen molar-refractivity contribution in [3.05, 3.63) is 11.6 Å². The molecule has 0 amide bonds. The first-order valence-corrected chi connectivity index (χ1v) is 8.08. The average Bonchev–Trinajstić information content (AvgIpc) is 2.47. The SMILES string of the molecule is COC(=O)C[C@@]1(C)O[C@H]2CCCC[C@H]2C2=CCCC[C@H]21. The van der Waals surface area contributed by atoms with Crippen molar-refractivity contribution in [3.8, 4) is 0 Å². The van der Waals surface area contributed by atoms with Crippen LogP contribution in [-0.4, -0.2) is 24.8 Å². The summed E-state index contributed by atoms with van der Waals surface area (Å²) in [7, 11) is 1.47. The summed E-state index contributed by atoms with van der Waals surface area (Å²) < 4.78 is 11.4. The van der Waals surface area contributed by atoms with Gasteiger partial charge in [0.15, 0.2) is 0 Å². The molecule has 20 heavy (non-hydrogen) atoms. The third-order valence-corrected chi connectivity index (χ3v) is 5.49. The van der Waals surface area contributed by atoms with Crippen molar-refractivity contribution < 1.29 is 14.3 Å². The van der Waals surface area contributed by atoms with Crippen LogP contribution in [0.5, 0.6) is 0 Å². The van der Waals surface area contributed by atoms with Gasteiger partial charge in [-0.3, -0.25) is 4.79 Å². The van der Waals surface area contributed by atoms with Gasteiger partial charge in [-0.2, -0.15) is 0 Å². The Hall–Kier alpha value is -0.830. The maximum absolute atomic E-state index is 11.8. The molecule has 1 heterocycles. The lowest BCUT2D eigenvalue weighted by atomic mass is 9.64. The van der Waals surface area contributed by atoms with Crippen LogP contribution in [0.3, 0.4) is 0 Å². The van der Waals surface area contributed by atoms with Crippen LogP contribution in [0.2, 0.25) is 0 Å². The van der Waals surface area contributed by atoms with Crippen molar-refractivity contribution in [2.45, 2.75) is 70.0 Å². The highest BCUT2D eigenvalue weighted by Gasteiger charge is 2.50. The van der Waals surface area contributed by atoms with Gasteiger partial charge in [-0.25, -0.2) is 0 Å². The van der Waals surface area contributed by atoms with Crippen LogP contribution in [0.25, 0.3) is 0 Å². The second kappa shape index (κ2) is 5.51. The Kier molecular flexibility index (Phi) is 3.89. The molecule has 0 aromatic carbocycles. The molecular weight excluding hydrogens is 252 g/mol. The Bertz CT molecular complexity index is 414. The van der Waals surface area contributed by atoms with E-state index in [1.807, 2.05) is 0 Å². The molecule has 1 saturated heterocycles. The molecule has 1 aliphatic heterocycles. The summed E-state index contributed by atoms with van der Waals surface area (Å²) in [6.07, 6.45) is 11.7. The summed E-state index contributed by atoms with van der Waals surface area (Å²) in [5.74, 6) is 0.876. The molecule has 2 fully saturated rings. The molecule has 3 rings (SSSR count). The van der Waals surface area contributed by atoms with Gasteiger partial charge in [-0.1, -0.05) is 24.5 Å². The van der Waals surface area contributed by atoms with Crippen molar-refractivity contribution >= 4 is 5.97 Å². The number of allylic oxidation sites excluding steroid dienone is 1. The van der Waals surface area contributed by atoms with Crippen LogP contribution in [0.4, 0.5) is 0 Å². The van der Waals surface area contributed by atoms with Gasteiger partial charge in [0.05, 0.1) is 25.2 Å². The molecule has 0 spiro atoms. The molecule has 0 N–H and O–H groups in total. The van der Waals surface area contributed by atoms with E-state index in [1.54, 1.807) is 5.57 Å². The fraction of sp³-hybridized carbons (Fsp3) is 0.824. The highest BCUT2D eigenvalue weighted by Crippen LogP contribution is 2.51. The molecule has 0 radical (unpaired) electrons. The van der Waals surface area contributed by atoms with Crippen molar-refractivity contribution in [2.75, 3.05) is 7.11 Å². The molecule has 3 heteroatoms. The third-order valence-electron chi connectivity index (χ3n) is 5.49. The first-order valence-electron chi connectivity index (χ1n) is 8.08. The van der Waals surface area contributed by atoms with Crippen molar-refractivity contribution in [1.29, 1.82) is 0 Å². The predicted molar refractivity (Wildman–Crippen MR) is 77.3 cm³/mol. The lowest BCUT2D eigenvalue weighted by Crippen LogP contribution is -2.53. The molecule has 3 nitrogen and oxygen atoms in total. The van der Waals surface area contributed by atoms with Gasteiger partial charge in [-0.15, -0.1) is 0 Å².